The molecule has 0 unspecified atom stereocenters. The maximum atomic E-state index is 12.0. The number of halogens is 2. The molecule has 1 N–H and O–H groups in total. The molecule has 104 valence electrons. The van der Waals surface area contributed by atoms with Crippen LogP contribution >= 0.6 is 27.5 Å². The van der Waals surface area contributed by atoms with E-state index in [-0.39, 0.29) is 5.91 Å². The molecular formula is C15H13BrClNO2. The minimum Gasteiger partial charge on any atom is -0.492 e. The quantitative estimate of drug-likeness (QED) is 0.827. The van der Waals surface area contributed by atoms with Crippen LogP contribution in [0.25, 0.3) is 0 Å². The molecule has 0 saturated heterocycles. The van der Waals surface area contributed by atoms with Gasteiger partial charge in [0.05, 0.1) is 17.1 Å². The Bertz CT molecular complexity index is 590. The Morgan fingerprint density at radius 1 is 1.20 bits per heavy atom. The molecule has 0 aliphatic carbocycles. The molecule has 20 heavy (non-hydrogen) atoms. The van der Waals surface area contributed by atoms with Gasteiger partial charge in [-0.3, -0.25) is 4.79 Å². The van der Waals surface area contributed by atoms with Crippen molar-refractivity contribution in [3.05, 3.63) is 63.6 Å². The molecule has 3 nitrogen and oxygen atoms in total. The summed E-state index contributed by atoms with van der Waals surface area (Å²) < 4.78 is 6.30. The molecule has 0 aliphatic heterocycles. The highest BCUT2D eigenvalue weighted by Crippen LogP contribution is 2.20. The van der Waals surface area contributed by atoms with Crippen molar-refractivity contribution in [3.63, 3.8) is 0 Å². The molecule has 0 fully saturated rings. The lowest BCUT2D eigenvalue weighted by molar-refractivity contribution is 0.0947. The molecular weight excluding hydrogens is 342 g/mol. The third-order valence-corrected chi connectivity index (χ3v) is 3.40. The van der Waals surface area contributed by atoms with Crippen molar-refractivity contribution in [3.8, 4) is 5.75 Å². The van der Waals surface area contributed by atoms with Crippen molar-refractivity contribution in [2.45, 2.75) is 0 Å². The average molecular weight is 355 g/mol. The summed E-state index contributed by atoms with van der Waals surface area (Å²) in [4.78, 5) is 12.0. The second-order valence-electron chi connectivity index (χ2n) is 4.04. The normalized spacial score (nSPS) is 10.1. The maximum Gasteiger partial charge on any atom is 0.252 e. The Labute approximate surface area is 131 Å². The predicted molar refractivity (Wildman–Crippen MR) is 83.4 cm³/mol. The Hall–Kier alpha value is -1.52. The zero-order chi connectivity index (χ0) is 14.4. The van der Waals surface area contributed by atoms with Gasteiger partial charge < -0.3 is 10.1 Å². The standard InChI is InChI=1S/C15H13BrClNO2/c16-11-6-7-14(17)13(10-11)15(19)18-8-9-20-12-4-2-1-3-5-12/h1-7,10H,8-9H2,(H,18,19). The van der Waals surface area contributed by atoms with Gasteiger partial charge in [-0.05, 0) is 30.3 Å². The van der Waals surface area contributed by atoms with Crippen LogP contribution in [0, 0.1) is 0 Å². The molecule has 0 aliphatic rings. The van der Waals surface area contributed by atoms with Crippen molar-refractivity contribution < 1.29 is 9.53 Å². The van der Waals surface area contributed by atoms with Gasteiger partial charge in [-0.2, -0.15) is 0 Å². The average Bonchev–Trinajstić information content (AvgIpc) is 2.47. The van der Waals surface area contributed by atoms with E-state index < -0.39 is 0 Å². The van der Waals surface area contributed by atoms with Crippen molar-refractivity contribution in [1.82, 2.24) is 5.32 Å². The highest BCUT2D eigenvalue weighted by molar-refractivity contribution is 9.10. The largest absolute Gasteiger partial charge is 0.492 e. The molecule has 5 heteroatoms. The molecule has 0 atom stereocenters. The Morgan fingerprint density at radius 3 is 2.70 bits per heavy atom. The van der Waals surface area contributed by atoms with E-state index in [0.717, 1.165) is 10.2 Å². The summed E-state index contributed by atoms with van der Waals surface area (Å²) in [6.07, 6.45) is 0. The Balaban J connectivity index is 1.82. The third kappa shape index (κ3) is 4.25. The number of ether oxygens (including phenoxy) is 1. The lowest BCUT2D eigenvalue weighted by Crippen LogP contribution is -2.28. The number of carbonyl (C=O) groups is 1. The predicted octanol–water partition coefficient (Wildman–Crippen LogP) is 3.91. The van der Waals surface area contributed by atoms with Crippen LogP contribution in [0.3, 0.4) is 0 Å². The summed E-state index contributed by atoms with van der Waals surface area (Å²) in [7, 11) is 0. The van der Waals surface area contributed by atoms with Gasteiger partial charge in [0.2, 0.25) is 0 Å². The van der Waals surface area contributed by atoms with Crippen molar-refractivity contribution in [2.75, 3.05) is 13.2 Å². The SMILES string of the molecule is O=C(NCCOc1ccccc1)c1cc(Br)ccc1Cl. The molecule has 0 bridgehead atoms. The number of para-hydroxylation sites is 1. The summed E-state index contributed by atoms with van der Waals surface area (Å²) in [6, 6.07) is 14.6. The van der Waals surface area contributed by atoms with E-state index in [9.17, 15) is 4.79 Å². The Morgan fingerprint density at radius 2 is 1.95 bits per heavy atom. The fourth-order valence-electron chi connectivity index (χ4n) is 1.62. The number of hydrogen-bond donors (Lipinski definition) is 1. The van der Waals surface area contributed by atoms with Crippen molar-refractivity contribution >= 4 is 33.4 Å². The van der Waals surface area contributed by atoms with Crippen LogP contribution in [-0.4, -0.2) is 19.1 Å². The summed E-state index contributed by atoms with van der Waals surface area (Å²) in [6.45, 7) is 0.817. The monoisotopic (exact) mass is 353 g/mol. The number of rotatable bonds is 5. The van der Waals surface area contributed by atoms with Gasteiger partial charge in [0.25, 0.3) is 5.91 Å². The first-order valence-electron chi connectivity index (χ1n) is 6.08. The highest BCUT2D eigenvalue weighted by atomic mass is 79.9. The van der Waals surface area contributed by atoms with E-state index in [1.165, 1.54) is 0 Å². The molecule has 2 aromatic carbocycles. The molecule has 0 heterocycles. The van der Waals surface area contributed by atoms with Crippen LogP contribution in [-0.2, 0) is 0 Å². The summed E-state index contributed by atoms with van der Waals surface area (Å²) >= 11 is 9.30. The summed E-state index contributed by atoms with van der Waals surface area (Å²) in [5.74, 6) is 0.565. The van der Waals surface area contributed by atoms with Crippen LogP contribution in [0.2, 0.25) is 5.02 Å². The fraction of sp³-hybridized carbons (Fsp3) is 0.133. The molecule has 0 spiro atoms. The zero-order valence-electron chi connectivity index (χ0n) is 10.6. The van der Waals surface area contributed by atoms with E-state index in [2.05, 4.69) is 21.2 Å². The summed E-state index contributed by atoms with van der Waals surface area (Å²) in [5.41, 5.74) is 0.445. The Kier molecular flexibility index (Phi) is 5.44. The fourth-order valence-corrected chi connectivity index (χ4v) is 2.18. The van der Waals surface area contributed by atoms with Gasteiger partial charge >= 0.3 is 0 Å². The van der Waals surface area contributed by atoms with Gasteiger partial charge in [-0.25, -0.2) is 0 Å². The van der Waals surface area contributed by atoms with E-state index >= 15 is 0 Å². The van der Waals surface area contributed by atoms with E-state index in [1.807, 2.05) is 30.3 Å². The molecule has 2 rings (SSSR count). The first-order valence-corrected chi connectivity index (χ1v) is 7.25. The molecule has 0 saturated carbocycles. The van der Waals surface area contributed by atoms with E-state index in [0.29, 0.717) is 23.7 Å². The topological polar surface area (TPSA) is 38.3 Å². The number of amides is 1. The minimum atomic E-state index is -0.215. The second kappa shape index (κ2) is 7.31. The third-order valence-electron chi connectivity index (χ3n) is 2.57. The van der Waals surface area contributed by atoms with E-state index in [4.69, 9.17) is 16.3 Å². The number of benzene rings is 2. The van der Waals surface area contributed by atoms with Crippen LogP contribution < -0.4 is 10.1 Å². The molecule has 0 aromatic heterocycles. The highest BCUT2D eigenvalue weighted by Gasteiger charge is 2.10. The minimum absolute atomic E-state index is 0.215. The lowest BCUT2D eigenvalue weighted by atomic mass is 10.2. The molecule has 1 amide bonds. The van der Waals surface area contributed by atoms with Crippen LogP contribution in [0.15, 0.2) is 53.0 Å². The van der Waals surface area contributed by atoms with Gasteiger partial charge in [-0.1, -0.05) is 45.7 Å². The van der Waals surface area contributed by atoms with Gasteiger partial charge in [0, 0.05) is 4.47 Å². The van der Waals surface area contributed by atoms with Crippen molar-refractivity contribution in [1.29, 1.82) is 0 Å². The van der Waals surface area contributed by atoms with E-state index in [1.54, 1.807) is 18.2 Å². The second-order valence-corrected chi connectivity index (χ2v) is 5.36. The smallest absolute Gasteiger partial charge is 0.252 e. The lowest BCUT2D eigenvalue weighted by Gasteiger charge is -2.08. The first kappa shape index (κ1) is 14.9. The van der Waals surface area contributed by atoms with Crippen LogP contribution in [0.1, 0.15) is 10.4 Å². The number of nitrogens with one attached hydrogen (secondary N) is 1. The van der Waals surface area contributed by atoms with Gasteiger partial charge in [0.15, 0.2) is 0 Å². The maximum absolute atomic E-state index is 12.0. The van der Waals surface area contributed by atoms with Crippen molar-refractivity contribution in [2.24, 2.45) is 0 Å². The first-order chi connectivity index (χ1) is 9.66. The summed E-state index contributed by atoms with van der Waals surface area (Å²) in [5, 5.41) is 3.19. The van der Waals surface area contributed by atoms with Crippen LogP contribution in [0.4, 0.5) is 0 Å². The zero-order valence-corrected chi connectivity index (χ0v) is 12.9. The van der Waals surface area contributed by atoms with Gasteiger partial charge in [0.1, 0.15) is 12.4 Å². The molecule has 2 aromatic rings. The number of carbonyl (C=O) groups excluding carboxylic acids is 1. The number of hydrogen-bond acceptors (Lipinski definition) is 2. The molecule has 0 radical (unpaired) electrons. The van der Waals surface area contributed by atoms with Gasteiger partial charge in [-0.15, -0.1) is 0 Å². The van der Waals surface area contributed by atoms with Crippen LogP contribution in [0.5, 0.6) is 5.75 Å².